The van der Waals surface area contributed by atoms with E-state index in [1.54, 1.807) is 6.20 Å². The van der Waals surface area contributed by atoms with Gasteiger partial charge < -0.3 is 5.32 Å². The predicted octanol–water partition coefficient (Wildman–Crippen LogP) is 3.74. The number of nitrogens with one attached hydrogen (secondary N) is 1. The summed E-state index contributed by atoms with van der Waals surface area (Å²) in [6, 6.07) is 11.8. The molecule has 1 N–H and O–H groups in total. The smallest absolute Gasteiger partial charge is 0.230 e. The molecule has 4 nitrogen and oxygen atoms in total. The van der Waals surface area contributed by atoms with Gasteiger partial charge in [-0.25, -0.2) is 4.98 Å². The third-order valence-corrected chi connectivity index (χ3v) is 4.09. The maximum atomic E-state index is 12.4. The van der Waals surface area contributed by atoms with Gasteiger partial charge in [0.1, 0.15) is 5.82 Å². The zero-order valence-electron chi connectivity index (χ0n) is 13.6. The van der Waals surface area contributed by atoms with Crippen LogP contribution in [0.15, 0.2) is 42.6 Å². The zero-order chi connectivity index (χ0) is 16.4. The minimum Gasteiger partial charge on any atom is -0.310 e. The van der Waals surface area contributed by atoms with Gasteiger partial charge in [0.25, 0.3) is 0 Å². The topological polar surface area (TPSA) is 54.9 Å². The van der Waals surface area contributed by atoms with E-state index in [0.29, 0.717) is 12.2 Å². The molecule has 0 radical (unpaired) electrons. The molecule has 0 spiro atoms. The molecule has 0 bridgehead atoms. The highest BCUT2D eigenvalue weighted by Gasteiger charge is 2.13. The fourth-order valence-electron chi connectivity index (χ4n) is 2.78. The molecule has 3 rings (SSSR count). The molecule has 2 aromatic heterocycles. The largest absolute Gasteiger partial charge is 0.310 e. The normalized spacial score (nSPS) is 10.7. The van der Waals surface area contributed by atoms with Gasteiger partial charge in [0.2, 0.25) is 5.91 Å². The fourth-order valence-corrected chi connectivity index (χ4v) is 2.78. The number of carbonyl (C=O) groups excluding carboxylic acids is 1. The van der Waals surface area contributed by atoms with Crippen molar-refractivity contribution in [2.45, 2.75) is 27.2 Å². The molecule has 1 aromatic carbocycles. The number of hydrogen-bond acceptors (Lipinski definition) is 3. The first-order chi connectivity index (χ1) is 11.1. The van der Waals surface area contributed by atoms with Gasteiger partial charge in [0.05, 0.1) is 11.9 Å². The number of aryl methyl sites for hydroxylation is 3. The molecule has 0 atom stereocenters. The van der Waals surface area contributed by atoms with Gasteiger partial charge in [-0.15, -0.1) is 0 Å². The summed E-state index contributed by atoms with van der Waals surface area (Å²) in [6.07, 6.45) is 1.97. The highest BCUT2D eigenvalue weighted by atomic mass is 16.1. The van der Waals surface area contributed by atoms with Crippen LogP contribution in [0.1, 0.15) is 22.4 Å². The molecule has 0 aliphatic carbocycles. The number of rotatable bonds is 3. The average molecular weight is 305 g/mol. The van der Waals surface area contributed by atoms with Crippen LogP contribution in [0.25, 0.3) is 10.9 Å². The van der Waals surface area contributed by atoms with Gasteiger partial charge in [-0.1, -0.05) is 24.3 Å². The Hall–Kier alpha value is -2.75. The number of anilines is 1. The van der Waals surface area contributed by atoms with Crippen molar-refractivity contribution in [3.63, 3.8) is 0 Å². The van der Waals surface area contributed by atoms with Gasteiger partial charge in [0.15, 0.2) is 0 Å². The Morgan fingerprint density at radius 1 is 1.09 bits per heavy atom. The lowest BCUT2D eigenvalue weighted by Crippen LogP contribution is -2.17. The summed E-state index contributed by atoms with van der Waals surface area (Å²) < 4.78 is 0. The van der Waals surface area contributed by atoms with Gasteiger partial charge in [-0.2, -0.15) is 0 Å². The number of para-hydroxylation sites is 1. The molecule has 0 fully saturated rings. The van der Waals surface area contributed by atoms with Gasteiger partial charge in [-0.3, -0.25) is 9.78 Å². The quantitative estimate of drug-likeness (QED) is 0.802. The molecule has 0 aliphatic rings. The highest BCUT2D eigenvalue weighted by Crippen LogP contribution is 2.23. The van der Waals surface area contributed by atoms with Crippen molar-refractivity contribution in [1.82, 2.24) is 9.97 Å². The van der Waals surface area contributed by atoms with Crippen molar-refractivity contribution >= 4 is 22.6 Å². The molecule has 0 saturated heterocycles. The second-order valence-electron chi connectivity index (χ2n) is 5.71. The van der Waals surface area contributed by atoms with Gasteiger partial charge in [0, 0.05) is 17.3 Å². The Bertz CT molecular complexity index is 887. The lowest BCUT2D eigenvalue weighted by Gasteiger charge is -2.13. The van der Waals surface area contributed by atoms with E-state index in [1.807, 2.05) is 57.2 Å². The van der Waals surface area contributed by atoms with E-state index >= 15 is 0 Å². The number of hydrogen-bond donors (Lipinski definition) is 1. The lowest BCUT2D eigenvalue weighted by atomic mass is 9.99. The van der Waals surface area contributed by atoms with E-state index in [4.69, 9.17) is 0 Å². The van der Waals surface area contributed by atoms with E-state index in [2.05, 4.69) is 15.3 Å². The number of aromatic nitrogens is 2. The van der Waals surface area contributed by atoms with Crippen LogP contribution in [-0.2, 0) is 11.2 Å². The second kappa shape index (κ2) is 6.16. The van der Waals surface area contributed by atoms with Crippen LogP contribution in [0, 0.1) is 20.8 Å². The monoisotopic (exact) mass is 305 g/mol. The minimum absolute atomic E-state index is 0.0740. The summed E-state index contributed by atoms with van der Waals surface area (Å²) >= 11 is 0. The van der Waals surface area contributed by atoms with E-state index in [9.17, 15) is 4.79 Å². The van der Waals surface area contributed by atoms with Crippen LogP contribution in [0.5, 0.6) is 0 Å². The number of nitrogens with zero attached hydrogens (tertiary/aromatic N) is 2. The summed E-state index contributed by atoms with van der Waals surface area (Å²) in [5, 5.41) is 3.98. The van der Waals surface area contributed by atoms with Crippen LogP contribution >= 0.6 is 0 Å². The molecule has 0 aliphatic heterocycles. The van der Waals surface area contributed by atoms with Gasteiger partial charge in [-0.05, 0) is 49.6 Å². The Morgan fingerprint density at radius 2 is 1.87 bits per heavy atom. The molecule has 3 aromatic rings. The predicted molar refractivity (Wildman–Crippen MR) is 92.5 cm³/mol. The van der Waals surface area contributed by atoms with Crippen molar-refractivity contribution in [3.8, 4) is 0 Å². The minimum atomic E-state index is -0.0740. The maximum absolute atomic E-state index is 12.4. The maximum Gasteiger partial charge on any atom is 0.230 e. The molecule has 1 amide bonds. The standard InChI is InChI=1S/C19H19N3O/c1-12-7-6-10-20-19(12)22-18(23)11-16-13(2)15-8-4-5-9-17(15)21-14(16)3/h4-10H,11H2,1-3H3,(H,20,22,23). The first-order valence-corrected chi connectivity index (χ1v) is 7.62. The molecule has 0 unspecified atom stereocenters. The Kier molecular flexibility index (Phi) is 4.06. The molecule has 4 heteroatoms. The Balaban J connectivity index is 1.89. The SMILES string of the molecule is Cc1cccnc1NC(=O)Cc1c(C)nc2ccccc2c1C. The molecular formula is C19H19N3O. The summed E-state index contributed by atoms with van der Waals surface area (Å²) in [7, 11) is 0. The van der Waals surface area contributed by atoms with Crippen LogP contribution in [0.3, 0.4) is 0 Å². The van der Waals surface area contributed by atoms with Crippen LogP contribution < -0.4 is 5.32 Å². The van der Waals surface area contributed by atoms with Crippen LogP contribution in [0.4, 0.5) is 5.82 Å². The first-order valence-electron chi connectivity index (χ1n) is 7.62. The molecule has 2 heterocycles. The number of pyridine rings is 2. The van der Waals surface area contributed by atoms with Crippen molar-refractivity contribution in [3.05, 3.63) is 65.0 Å². The second-order valence-corrected chi connectivity index (χ2v) is 5.71. The van der Waals surface area contributed by atoms with Gasteiger partial charge >= 0.3 is 0 Å². The van der Waals surface area contributed by atoms with E-state index in [0.717, 1.165) is 33.3 Å². The van der Waals surface area contributed by atoms with Crippen LogP contribution in [-0.4, -0.2) is 15.9 Å². The van der Waals surface area contributed by atoms with Crippen molar-refractivity contribution in [1.29, 1.82) is 0 Å². The zero-order valence-corrected chi connectivity index (χ0v) is 13.6. The number of fused-ring (bicyclic) bond motifs is 1. The lowest BCUT2D eigenvalue weighted by molar-refractivity contribution is -0.115. The average Bonchev–Trinajstić information content (AvgIpc) is 2.54. The third-order valence-electron chi connectivity index (χ3n) is 4.09. The van der Waals surface area contributed by atoms with Crippen LogP contribution in [0.2, 0.25) is 0 Å². The number of amides is 1. The van der Waals surface area contributed by atoms with E-state index in [-0.39, 0.29) is 5.91 Å². The summed E-state index contributed by atoms with van der Waals surface area (Å²) in [4.78, 5) is 21.2. The first kappa shape index (κ1) is 15.2. The molecule has 0 saturated carbocycles. The summed E-state index contributed by atoms with van der Waals surface area (Å²) in [6.45, 7) is 5.93. The van der Waals surface area contributed by atoms with Crippen molar-refractivity contribution < 1.29 is 4.79 Å². The molecule has 116 valence electrons. The Morgan fingerprint density at radius 3 is 2.65 bits per heavy atom. The Labute approximate surface area is 135 Å². The third kappa shape index (κ3) is 3.06. The summed E-state index contributed by atoms with van der Waals surface area (Å²) in [5.74, 6) is 0.539. The summed E-state index contributed by atoms with van der Waals surface area (Å²) in [5.41, 5.74) is 4.91. The molecule has 23 heavy (non-hydrogen) atoms. The number of carbonyl (C=O) groups is 1. The molecular weight excluding hydrogens is 286 g/mol. The fraction of sp³-hybridized carbons (Fsp3) is 0.211. The van der Waals surface area contributed by atoms with E-state index < -0.39 is 0 Å². The highest BCUT2D eigenvalue weighted by molar-refractivity contribution is 5.93. The van der Waals surface area contributed by atoms with Crippen molar-refractivity contribution in [2.24, 2.45) is 0 Å². The van der Waals surface area contributed by atoms with E-state index in [1.165, 1.54) is 0 Å². The number of benzene rings is 1. The van der Waals surface area contributed by atoms with Crippen molar-refractivity contribution in [2.75, 3.05) is 5.32 Å².